The standard InChI is InChI=1S/C10H24N2.2C2H6/c1-5-6-8-11-10(2)7-9-12(3)4;2*1-2/h10-11H,5-9H2,1-4H3;2*1-2H3. The average molecular weight is 232 g/mol. The van der Waals surface area contributed by atoms with E-state index in [4.69, 9.17) is 0 Å². The Bertz CT molecular complexity index is 92.7. The summed E-state index contributed by atoms with van der Waals surface area (Å²) < 4.78 is 0. The van der Waals surface area contributed by atoms with Crippen molar-refractivity contribution in [2.24, 2.45) is 0 Å². The molecule has 2 heteroatoms. The largest absolute Gasteiger partial charge is 0.314 e. The van der Waals surface area contributed by atoms with E-state index in [0.29, 0.717) is 6.04 Å². The molecule has 0 saturated carbocycles. The summed E-state index contributed by atoms with van der Waals surface area (Å²) in [5.41, 5.74) is 0. The molecule has 0 saturated heterocycles. The van der Waals surface area contributed by atoms with Crippen LogP contribution in [0.3, 0.4) is 0 Å². The van der Waals surface area contributed by atoms with Gasteiger partial charge in [-0.05, 0) is 47.0 Å². The number of unbranched alkanes of at least 4 members (excludes halogenated alkanes) is 1. The Morgan fingerprint density at radius 1 is 1.06 bits per heavy atom. The lowest BCUT2D eigenvalue weighted by Crippen LogP contribution is -2.30. The minimum Gasteiger partial charge on any atom is -0.314 e. The number of nitrogens with one attached hydrogen (secondary N) is 1. The molecule has 0 aromatic heterocycles. The zero-order chi connectivity index (χ0) is 13.4. The maximum atomic E-state index is 3.51. The van der Waals surface area contributed by atoms with Crippen molar-refractivity contribution in [3.05, 3.63) is 0 Å². The molecule has 1 unspecified atom stereocenters. The van der Waals surface area contributed by atoms with Crippen LogP contribution in [0.4, 0.5) is 0 Å². The summed E-state index contributed by atoms with van der Waals surface area (Å²) in [6.07, 6.45) is 3.83. The zero-order valence-corrected chi connectivity index (χ0v) is 13.1. The van der Waals surface area contributed by atoms with Gasteiger partial charge in [-0.15, -0.1) is 0 Å². The zero-order valence-electron chi connectivity index (χ0n) is 13.1. The van der Waals surface area contributed by atoms with Gasteiger partial charge in [-0.2, -0.15) is 0 Å². The highest BCUT2D eigenvalue weighted by atomic mass is 15.1. The fourth-order valence-electron chi connectivity index (χ4n) is 1.08. The van der Waals surface area contributed by atoms with Gasteiger partial charge in [0.05, 0.1) is 0 Å². The Hall–Kier alpha value is -0.0800. The Morgan fingerprint density at radius 3 is 1.94 bits per heavy atom. The molecule has 0 aromatic carbocycles. The van der Waals surface area contributed by atoms with E-state index in [-0.39, 0.29) is 0 Å². The second-order valence-electron chi connectivity index (χ2n) is 3.80. The molecule has 16 heavy (non-hydrogen) atoms. The lowest BCUT2D eigenvalue weighted by atomic mass is 10.2. The van der Waals surface area contributed by atoms with Crippen LogP contribution in [0.2, 0.25) is 0 Å². The Labute approximate surface area is 105 Å². The Kier molecular flexibility index (Phi) is 27.0. The first kappa shape index (κ1) is 21.2. The third-order valence-corrected chi connectivity index (χ3v) is 2.03. The average Bonchev–Trinajstić information content (AvgIpc) is 2.32. The van der Waals surface area contributed by atoms with Gasteiger partial charge in [-0.1, -0.05) is 41.0 Å². The van der Waals surface area contributed by atoms with Gasteiger partial charge < -0.3 is 10.2 Å². The van der Waals surface area contributed by atoms with Gasteiger partial charge in [-0.25, -0.2) is 0 Å². The monoisotopic (exact) mass is 232 g/mol. The van der Waals surface area contributed by atoms with Crippen LogP contribution >= 0.6 is 0 Å². The fraction of sp³-hybridized carbons (Fsp3) is 1.00. The second kappa shape index (κ2) is 20.3. The molecule has 1 N–H and O–H groups in total. The maximum absolute atomic E-state index is 3.51. The Balaban J connectivity index is -0.000000376. The van der Waals surface area contributed by atoms with Gasteiger partial charge in [0.2, 0.25) is 0 Å². The van der Waals surface area contributed by atoms with Crippen LogP contribution in [0.15, 0.2) is 0 Å². The third-order valence-electron chi connectivity index (χ3n) is 2.03. The van der Waals surface area contributed by atoms with Crippen molar-refractivity contribution in [2.75, 3.05) is 27.2 Å². The van der Waals surface area contributed by atoms with E-state index < -0.39 is 0 Å². The van der Waals surface area contributed by atoms with Crippen molar-refractivity contribution in [3.63, 3.8) is 0 Å². The summed E-state index contributed by atoms with van der Waals surface area (Å²) in [6, 6.07) is 0.666. The smallest absolute Gasteiger partial charge is 0.00508 e. The summed E-state index contributed by atoms with van der Waals surface area (Å²) >= 11 is 0. The molecular formula is C14H36N2. The predicted molar refractivity (Wildman–Crippen MR) is 78.2 cm³/mol. The molecule has 0 aliphatic carbocycles. The van der Waals surface area contributed by atoms with E-state index in [2.05, 4.69) is 38.2 Å². The molecule has 1 atom stereocenters. The molecule has 0 heterocycles. The van der Waals surface area contributed by atoms with Gasteiger partial charge in [0.25, 0.3) is 0 Å². The molecule has 2 nitrogen and oxygen atoms in total. The van der Waals surface area contributed by atoms with Gasteiger partial charge in [0.15, 0.2) is 0 Å². The first-order valence-electron chi connectivity index (χ1n) is 7.05. The molecule has 0 radical (unpaired) electrons. The molecule has 0 bridgehead atoms. The van der Waals surface area contributed by atoms with Crippen molar-refractivity contribution in [1.82, 2.24) is 10.2 Å². The summed E-state index contributed by atoms with van der Waals surface area (Å²) in [7, 11) is 4.25. The van der Waals surface area contributed by atoms with Crippen LogP contribution < -0.4 is 5.32 Å². The highest BCUT2D eigenvalue weighted by Gasteiger charge is 2.00. The van der Waals surface area contributed by atoms with Crippen molar-refractivity contribution in [3.8, 4) is 0 Å². The summed E-state index contributed by atoms with van der Waals surface area (Å²) in [6.45, 7) is 14.8. The molecule has 0 spiro atoms. The van der Waals surface area contributed by atoms with Crippen molar-refractivity contribution < 1.29 is 0 Å². The van der Waals surface area contributed by atoms with E-state index in [0.717, 1.165) is 0 Å². The molecule has 0 aliphatic rings. The summed E-state index contributed by atoms with van der Waals surface area (Å²) in [4.78, 5) is 2.23. The van der Waals surface area contributed by atoms with Crippen molar-refractivity contribution >= 4 is 0 Å². The third kappa shape index (κ3) is 23.6. The van der Waals surface area contributed by atoms with Crippen LogP contribution in [-0.2, 0) is 0 Å². The van der Waals surface area contributed by atoms with E-state index in [1.165, 1.54) is 32.4 Å². The molecule has 0 aromatic rings. The Morgan fingerprint density at radius 2 is 1.56 bits per heavy atom. The number of hydrogen-bond acceptors (Lipinski definition) is 2. The molecule has 0 fully saturated rings. The number of hydrogen-bond donors (Lipinski definition) is 1. The number of rotatable bonds is 7. The maximum Gasteiger partial charge on any atom is 0.00508 e. The molecule has 102 valence electrons. The predicted octanol–water partition coefficient (Wildman–Crippen LogP) is 3.77. The fourth-order valence-corrected chi connectivity index (χ4v) is 1.08. The van der Waals surface area contributed by atoms with Crippen LogP contribution in [0.25, 0.3) is 0 Å². The highest BCUT2D eigenvalue weighted by molar-refractivity contribution is 4.61. The minimum atomic E-state index is 0.666. The van der Waals surface area contributed by atoms with E-state index >= 15 is 0 Å². The summed E-state index contributed by atoms with van der Waals surface area (Å²) in [5.74, 6) is 0. The lowest BCUT2D eigenvalue weighted by Gasteiger charge is -2.16. The van der Waals surface area contributed by atoms with Gasteiger partial charge >= 0.3 is 0 Å². The first-order valence-corrected chi connectivity index (χ1v) is 7.05. The van der Waals surface area contributed by atoms with Crippen LogP contribution in [0.1, 0.15) is 60.8 Å². The van der Waals surface area contributed by atoms with Crippen molar-refractivity contribution in [2.45, 2.75) is 66.8 Å². The SMILES string of the molecule is CC.CC.CCCCNC(C)CCN(C)C. The van der Waals surface area contributed by atoms with E-state index in [1.807, 2.05) is 27.7 Å². The second-order valence-corrected chi connectivity index (χ2v) is 3.80. The number of nitrogens with zero attached hydrogens (tertiary/aromatic N) is 1. The topological polar surface area (TPSA) is 15.3 Å². The van der Waals surface area contributed by atoms with Gasteiger partial charge in [0.1, 0.15) is 0 Å². The van der Waals surface area contributed by atoms with E-state index in [9.17, 15) is 0 Å². The van der Waals surface area contributed by atoms with Crippen LogP contribution in [-0.4, -0.2) is 38.1 Å². The molecule has 0 aliphatic heterocycles. The molecule has 0 rings (SSSR count). The lowest BCUT2D eigenvalue weighted by molar-refractivity contribution is 0.365. The molecule has 0 amide bonds. The van der Waals surface area contributed by atoms with Crippen LogP contribution in [0.5, 0.6) is 0 Å². The van der Waals surface area contributed by atoms with E-state index in [1.54, 1.807) is 0 Å². The van der Waals surface area contributed by atoms with Crippen LogP contribution in [0, 0.1) is 0 Å². The minimum absolute atomic E-state index is 0.666. The first-order chi connectivity index (χ1) is 7.66. The quantitative estimate of drug-likeness (QED) is 0.672. The highest BCUT2D eigenvalue weighted by Crippen LogP contribution is 1.93. The normalized spacial score (nSPS) is 11.1. The van der Waals surface area contributed by atoms with Gasteiger partial charge in [0, 0.05) is 6.04 Å². The summed E-state index contributed by atoms with van der Waals surface area (Å²) in [5, 5.41) is 3.51. The molecular weight excluding hydrogens is 196 g/mol. The van der Waals surface area contributed by atoms with Gasteiger partial charge in [-0.3, -0.25) is 0 Å². The van der Waals surface area contributed by atoms with Crippen molar-refractivity contribution in [1.29, 1.82) is 0 Å².